The van der Waals surface area contributed by atoms with Crippen LogP contribution in [0, 0.1) is 0 Å². The Morgan fingerprint density at radius 1 is 1.08 bits per heavy atom. The molecule has 0 bridgehead atoms. The van der Waals surface area contributed by atoms with Crippen LogP contribution in [-0.4, -0.2) is 44.4 Å². The number of carbonyl (C=O) groups is 1. The second-order valence-corrected chi connectivity index (χ2v) is 3.26. The Kier molecular flexibility index (Phi) is 3.41. The quantitative estimate of drug-likeness (QED) is 0.629. The lowest BCUT2D eigenvalue weighted by Gasteiger charge is -2.35. The molecule has 0 radical (unpaired) electrons. The molecule has 1 heterocycles. The van der Waals surface area contributed by atoms with Gasteiger partial charge in [-0.2, -0.15) is 0 Å². The van der Waals surface area contributed by atoms with Gasteiger partial charge in [-0.25, -0.2) is 0 Å². The number of rotatable bonds is 2. The molecule has 13 heavy (non-hydrogen) atoms. The van der Waals surface area contributed by atoms with E-state index in [4.69, 9.17) is 14.2 Å². The maximum atomic E-state index is 11.7. The summed E-state index contributed by atoms with van der Waals surface area (Å²) >= 11 is 0. The molecule has 0 aliphatic carbocycles. The van der Waals surface area contributed by atoms with Crippen LogP contribution in [0.2, 0.25) is 0 Å². The normalized spacial score (nSPS) is 40.8. The van der Waals surface area contributed by atoms with E-state index in [-0.39, 0.29) is 18.0 Å². The molecule has 0 aromatic rings. The largest absolute Gasteiger partial charge is 0.371 e. The van der Waals surface area contributed by atoms with Crippen LogP contribution in [0.15, 0.2) is 0 Å². The number of ketones is 1. The summed E-state index contributed by atoms with van der Waals surface area (Å²) in [5, 5.41) is 0. The van der Waals surface area contributed by atoms with E-state index in [1.165, 1.54) is 14.2 Å². The molecule has 4 nitrogen and oxygen atoms in total. The fourth-order valence-electron chi connectivity index (χ4n) is 1.72. The van der Waals surface area contributed by atoms with Crippen LogP contribution in [0.3, 0.4) is 0 Å². The first-order chi connectivity index (χ1) is 6.11. The number of Topliss-reactive ketones (excluding diaryl/α,β-unsaturated/α-hetero) is 1. The van der Waals surface area contributed by atoms with E-state index in [0.29, 0.717) is 0 Å². The first-order valence-electron chi connectivity index (χ1n) is 4.36. The van der Waals surface area contributed by atoms with Crippen LogP contribution in [-0.2, 0) is 19.0 Å². The minimum Gasteiger partial charge on any atom is -0.371 e. The lowest BCUT2D eigenvalue weighted by molar-refractivity contribution is -0.184. The third-order valence-corrected chi connectivity index (χ3v) is 2.35. The van der Waals surface area contributed by atoms with Crippen molar-refractivity contribution >= 4 is 5.78 Å². The molecule has 1 rings (SSSR count). The van der Waals surface area contributed by atoms with Gasteiger partial charge in [0, 0.05) is 14.2 Å². The molecule has 0 aromatic carbocycles. The zero-order chi connectivity index (χ0) is 10.0. The van der Waals surface area contributed by atoms with Crippen molar-refractivity contribution in [2.45, 2.75) is 38.3 Å². The molecule has 0 spiro atoms. The molecule has 1 aliphatic heterocycles. The summed E-state index contributed by atoms with van der Waals surface area (Å²) in [6, 6.07) is 0. The first kappa shape index (κ1) is 10.6. The van der Waals surface area contributed by atoms with Gasteiger partial charge in [-0.05, 0) is 13.8 Å². The molecule has 1 fully saturated rings. The van der Waals surface area contributed by atoms with Crippen molar-refractivity contribution in [1.82, 2.24) is 0 Å². The second kappa shape index (κ2) is 4.17. The second-order valence-electron chi connectivity index (χ2n) is 3.26. The summed E-state index contributed by atoms with van der Waals surface area (Å²) in [4.78, 5) is 11.7. The summed E-state index contributed by atoms with van der Waals surface area (Å²) < 4.78 is 15.6. The van der Waals surface area contributed by atoms with Gasteiger partial charge in [-0.15, -0.1) is 0 Å². The summed E-state index contributed by atoms with van der Waals surface area (Å²) in [5.41, 5.74) is 0. The fraction of sp³-hybridized carbons (Fsp3) is 0.889. The molecule has 4 heteroatoms. The Labute approximate surface area is 78.2 Å². The van der Waals surface area contributed by atoms with Crippen molar-refractivity contribution in [3.8, 4) is 0 Å². The van der Waals surface area contributed by atoms with Crippen LogP contribution in [0.25, 0.3) is 0 Å². The van der Waals surface area contributed by atoms with Gasteiger partial charge in [0.2, 0.25) is 0 Å². The lowest BCUT2D eigenvalue weighted by Crippen LogP contribution is -2.54. The predicted octanol–water partition coefficient (Wildman–Crippen LogP) is 0.393. The highest BCUT2D eigenvalue weighted by atomic mass is 16.6. The summed E-state index contributed by atoms with van der Waals surface area (Å²) in [6.45, 7) is 3.66. The average molecular weight is 188 g/mol. The van der Waals surface area contributed by atoms with Crippen molar-refractivity contribution in [3.63, 3.8) is 0 Å². The molecular formula is C9H16O4. The van der Waals surface area contributed by atoms with E-state index in [1.54, 1.807) is 0 Å². The summed E-state index contributed by atoms with van der Waals surface area (Å²) in [6.07, 6.45) is -1.39. The van der Waals surface area contributed by atoms with Crippen LogP contribution in [0.5, 0.6) is 0 Å². The maximum Gasteiger partial charge on any atom is 0.195 e. The molecule has 0 N–H and O–H groups in total. The van der Waals surface area contributed by atoms with Gasteiger partial charge in [-0.1, -0.05) is 0 Å². The standard InChI is InChI=1S/C9H16O4/c1-5-8(11-3)7(10)9(12-4)6(2)13-5/h5-6,8-9H,1-4H3/t5-,6?,8?,9-/m0/s1. The Hall–Kier alpha value is -0.450. The van der Waals surface area contributed by atoms with Gasteiger partial charge in [0.25, 0.3) is 0 Å². The van der Waals surface area contributed by atoms with E-state index >= 15 is 0 Å². The number of hydrogen-bond acceptors (Lipinski definition) is 4. The van der Waals surface area contributed by atoms with Gasteiger partial charge in [-0.3, -0.25) is 4.79 Å². The minimum atomic E-state index is -0.499. The summed E-state index contributed by atoms with van der Waals surface area (Å²) in [7, 11) is 3.01. The van der Waals surface area contributed by atoms with E-state index < -0.39 is 12.2 Å². The molecule has 0 aromatic heterocycles. The summed E-state index contributed by atoms with van der Waals surface area (Å²) in [5.74, 6) is -0.0312. The Bertz CT molecular complexity index is 174. The van der Waals surface area contributed by atoms with Gasteiger partial charge in [0.1, 0.15) is 12.2 Å². The third kappa shape index (κ3) is 1.90. The zero-order valence-corrected chi connectivity index (χ0v) is 8.44. The van der Waals surface area contributed by atoms with Crippen LogP contribution in [0.1, 0.15) is 13.8 Å². The van der Waals surface area contributed by atoms with Crippen LogP contribution in [0.4, 0.5) is 0 Å². The number of carbonyl (C=O) groups excluding carboxylic acids is 1. The SMILES string of the molecule is COC1C(=O)[C@@H](OC)C(C)O[C@H]1C. The molecule has 4 atom stereocenters. The molecule has 1 saturated heterocycles. The zero-order valence-electron chi connectivity index (χ0n) is 8.44. The maximum absolute atomic E-state index is 11.7. The van der Waals surface area contributed by atoms with Gasteiger partial charge in [0.15, 0.2) is 5.78 Å². The molecule has 1 aliphatic rings. The van der Waals surface area contributed by atoms with E-state index in [2.05, 4.69) is 0 Å². The van der Waals surface area contributed by atoms with Crippen molar-refractivity contribution in [3.05, 3.63) is 0 Å². The van der Waals surface area contributed by atoms with Crippen LogP contribution < -0.4 is 0 Å². The van der Waals surface area contributed by atoms with E-state index in [0.717, 1.165) is 0 Å². The predicted molar refractivity (Wildman–Crippen MR) is 46.6 cm³/mol. The van der Waals surface area contributed by atoms with Gasteiger partial charge < -0.3 is 14.2 Å². The smallest absolute Gasteiger partial charge is 0.195 e. The van der Waals surface area contributed by atoms with Crippen LogP contribution >= 0.6 is 0 Å². The monoisotopic (exact) mass is 188 g/mol. The number of hydrogen-bond donors (Lipinski definition) is 0. The molecule has 0 amide bonds. The highest BCUT2D eigenvalue weighted by Gasteiger charge is 2.41. The number of methoxy groups -OCH3 is 2. The highest BCUT2D eigenvalue weighted by molar-refractivity contribution is 5.89. The first-order valence-corrected chi connectivity index (χ1v) is 4.36. The highest BCUT2D eigenvalue weighted by Crippen LogP contribution is 2.20. The molecule has 0 saturated carbocycles. The van der Waals surface area contributed by atoms with Crippen molar-refractivity contribution in [1.29, 1.82) is 0 Å². The topological polar surface area (TPSA) is 44.8 Å². The molecule has 76 valence electrons. The molecule has 2 unspecified atom stereocenters. The lowest BCUT2D eigenvalue weighted by atomic mass is 9.98. The Morgan fingerprint density at radius 3 is 1.77 bits per heavy atom. The van der Waals surface area contributed by atoms with Gasteiger partial charge in [0.05, 0.1) is 12.2 Å². The Balaban J connectivity index is 2.75. The van der Waals surface area contributed by atoms with Crippen molar-refractivity contribution in [2.75, 3.05) is 14.2 Å². The minimum absolute atomic E-state index is 0.0312. The van der Waals surface area contributed by atoms with Gasteiger partial charge >= 0.3 is 0 Å². The molecular weight excluding hydrogens is 172 g/mol. The van der Waals surface area contributed by atoms with Crippen molar-refractivity contribution < 1.29 is 19.0 Å². The van der Waals surface area contributed by atoms with E-state index in [1.807, 2.05) is 13.8 Å². The Morgan fingerprint density at radius 2 is 1.46 bits per heavy atom. The fourth-order valence-corrected chi connectivity index (χ4v) is 1.72. The number of ether oxygens (including phenoxy) is 3. The van der Waals surface area contributed by atoms with Crippen molar-refractivity contribution in [2.24, 2.45) is 0 Å². The average Bonchev–Trinajstić information content (AvgIpc) is 2.04. The van der Waals surface area contributed by atoms with E-state index in [9.17, 15) is 4.79 Å². The third-order valence-electron chi connectivity index (χ3n) is 2.35.